The summed E-state index contributed by atoms with van der Waals surface area (Å²) in [5.41, 5.74) is 0.888. The number of nitrogens with zero attached hydrogens (tertiary/aromatic N) is 2. The summed E-state index contributed by atoms with van der Waals surface area (Å²) in [6.07, 6.45) is 1.39. The SMILES string of the molecule is COC(=O)c1cn(C(=O)c2ccc(-c3cc([N+](=O)[O-])ccc3Cl)o2)c2ccccc12. The molecule has 0 atom stereocenters. The molecule has 0 unspecified atom stereocenters. The van der Waals surface area contributed by atoms with E-state index in [4.69, 9.17) is 20.8 Å². The Bertz CT molecular complexity index is 1320. The minimum Gasteiger partial charge on any atom is -0.465 e. The zero-order valence-corrected chi connectivity index (χ0v) is 16.3. The van der Waals surface area contributed by atoms with Gasteiger partial charge in [0.15, 0.2) is 5.76 Å². The molecule has 2 aromatic carbocycles. The Balaban J connectivity index is 1.77. The molecular formula is C21H13ClN2O6. The number of furan rings is 1. The van der Waals surface area contributed by atoms with Gasteiger partial charge in [-0.25, -0.2) is 4.79 Å². The first kappa shape index (κ1) is 19.4. The minimum atomic E-state index is -0.568. The van der Waals surface area contributed by atoms with Gasteiger partial charge in [-0.05, 0) is 24.3 Å². The number of fused-ring (bicyclic) bond motifs is 1. The van der Waals surface area contributed by atoms with Crippen molar-refractivity contribution in [1.29, 1.82) is 0 Å². The van der Waals surface area contributed by atoms with Crippen LogP contribution in [0.15, 0.2) is 65.2 Å². The second-order valence-corrected chi connectivity index (χ2v) is 6.72. The van der Waals surface area contributed by atoms with Crippen molar-refractivity contribution in [2.24, 2.45) is 0 Å². The van der Waals surface area contributed by atoms with Gasteiger partial charge >= 0.3 is 5.97 Å². The number of aromatic nitrogens is 1. The second kappa shape index (κ2) is 7.49. The molecule has 0 saturated carbocycles. The summed E-state index contributed by atoms with van der Waals surface area (Å²) in [5.74, 6) is -0.906. The normalized spacial score (nSPS) is 10.9. The number of nitro groups is 1. The van der Waals surface area contributed by atoms with Gasteiger partial charge in [-0.2, -0.15) is 0 Å². The predicted molar refractivity (Wildman–Crippen MR) is 109 cm³/mol. The third-order valence-corrected chi connectivity index (χ3v) is 4.91. The third-order valence-electron chi connectivity index (χ3n) is 4.58. The summed E-state index contributed by atoms with van der Waals surface area (Å²) >= 11 is 6.15. The van der Waals surface area contributed by atoms with Crippen LogP contribution in [0.5, 0.6) is 0 Å². The van der Waals surface area contributed by atoms with Crippen LogP contribution in [0.1, 0.15) is 20.9 Å². The number of nitro benzene ring substituents is 1. The fraction of sp³-hybridized carbons (Fsp3) is 0.0476. The van der Waals surface area contributed by atoms with Crippen molar-refractivity contribution in [2.45, 2.75) is 0 Å². The molecule has 2 heterocycles. The molecule has 0 N–H and O–H groups in total. The van der Waals surface area contributed by atoms with Gasteiger partial charge in [-0.15, -0.1) is 0 Å². The van der Waals surface area contributed by atoms with E-state index < -0.39 is 16.8 Å². The van der Waals surface area contributed by atoms with Crippen LogP contribution in [-0.4, -0.2) is 28.5 Å². The maximum absolute atomic E-state index is 13.1. The van der Waals surface area contributed by atoms with E-state index in [1.54, 1.807) is 24.3 Å². The van der Waals surface area contributed by atoms with E-state index in [2.05, 4.69) is 0 Å². The van der Waals surface area contributed by atoms with Crippen LogP contribution in [-0.2, 0) is 4.74 Å². The van der Waals surface area contributed by atoms with Crippen molar-refractivity contribution in [3.05, 3.63) is 87.3 Å². The lowest BCUT2D eigenvalue weighted by atomic mass is 10.1. The number of methoxy groups -OCH3 is 1. The van der Waals surface area contributed by atoms with E-state index in [9.17, 15) is 19.7 Å². The van der Waals surface area contributed by atoms with Crippen LogP contribution in [0.2, 0.25) is 5.02 Å². The molecule has 30 heavy (non-hydrogen) atoms. The smallest absolute Gasteiger partial charge is 0.340 e. The number of ether oxygens (including phenoxy) is 1. The van der Waals surface area contributed by atoms with Crippen LogP contribution in [0.25, 0.3) is 22.2 Å². The minimum absolute atomic E-state index is 0.0234. The Morgan fingerprint density at radius 2 is 1.90 bits per heavy atom. The molecule has 0 aliphatic heterocycles. The van der Waals surface area contributed by atoms with E-state index >= 15 is 0 Å². The van der Waals surface area contributed by atoms with E-state index in [0.717, 1.165) is 0 Å². The average molecular weight is 425 g/mol. The number of esters is 1. The van der Waals surface area contributed by atoms with Crippen molar-refractivity contribution in [3.63, 3.8) is 0 Å². The van der Waals surface area contributed by atoms with Gasteiger partial charge in [0.25, 0.3) is 11.6 Å². The molecule has 150 valence electrons. The summed E-state index contributed by atoms with van der Waals surface area (Å²) in [6.45, 7) is 0. The van der Waals surface area contributed by atoms with Gasteiger partial charge < -0.3 is 9.15 Å². The summed E-state index contributed by atoms with van der Waals surface area (Å²) in [7, 11) is 1.26. The monoisotopic (exact) mass is 424 g/mol. The quantitative estimate of drug-likeness (QED) is 0.261. The number of hydrogen-bond donors (Lipinski definition) is 0. The number of carbonyl (C=O) groups is 2. The maximum Gasteiger partial charge on any atom is 0.340 e. The van der Waals surface area contributed by atoms with Crippen molar-refractivity contribution in [1.82, 2.24) is 4.57 Å². The van der Waals surface area contributed by atoms with E-state index in [1.165, 1.54) is 48.2 Å². The average Bonchev–Trinajstić information content (AvgIpc) is 3.38. The molecule has 9 heteroatoms. The Labute approximate surface area is 174 Å². The summed E-state index contributed by atoms with van der Waals surface area (Å²) in [4.78, 5) is 35.6. The molecule has 0 spiro atoms. The molecule has 0 bridgehead atoms. The standard InChI is InChI=1S/C21H13ClN2O6/c1-29-21(26)15-11-23(17-5-3-2-4-13(15)17)20(25)19-9-8-18(30-19)14-10-12(24(27)28)6-7-16(14)22/h2-11H,1H3. The van der Waals surface area contributed by atoms with Crippen molar-refractivity contribution >= 4 is 40.1 Å². The Hall–Kier alpha value is -3.91. The number of para-hydroxylation sites is 1. The molecule has 8 nitrogen and oxygen atoms in total. The largest absolute Gasteiger partial charge is 0.465 e. The first-order chi connectivity index (χ1) is 14.4. The number of rotatable bonds is 4. The number of halogens is 1. The van der Waals surface area contributed by atoms with E-state index in [0.29, 0.717) is 10.9 Å². The number of benzene rings is 2. The third kappa shape index (κ3) is 3.23. The topological polar surface area (TPSA) is 105 Å². The molecule has 0 fully saturated rings. The zero-order chi connectivity index (χ0) is 21.4. The predicted octanol–water partition coefficient (Wildman–Crippen LogP) is 4.94. The molecule has 4 aromatic rings. The van der Waals surface area contributed by atoms with Gasteiger partial charge in [-0.3, -0.25) is 19.5 Å². The number of non-ortho nitro benzene ring substituents is 1. The van der Waals surface area contributed by atoms with Crippen LogP contribution in [0.3, 0.4) is 0 Å². The maximum atomic E-state index is 13.1. The van der Waals surface area contributed by atoms with Crippen LogP contribution >= 0.6 is 11.6 Å². The number of hydrogen-bond acceptors (Lipinski definition) is 6. The lowest BCUT2D eigenvalue weighted by Gasteiger charge is -2.03. The molecular weight excluding hydrogens is 412 g/mol. The highest BCUT2D eigenvalue weighted by atomic mass is 35.5. The van der Waals surface area contributed by atoms with Gasteiger partial charge in [0.1, 0.15) is 5.76 Å². The van der Waals surface area contributed by atoms with Crippen LogP contribution in [0, 0.1) is 10.1 Å². The highest BCUT2D eigenvalue weighted by Gasteiger charge is 2.22. The van der Waals surface area contributed by atoms with Gasteiger partial charge in [0, 0.05) is 29.3 Å². The zero-order valence-electron chi connectivity index (χ0n) is 15.5. The lowest BCUT2D eigenvalue weighted by molar-refractivity contribution is -0.384. The molecule has 0 radical (unpaired) electrons. The van der Waals surface area contributed by atoms with Crippen LogP contribution in [0.4, 0.5) is 5.69 Å². The van der Waals surface area contributed by atoms with E-state index in [1.807, 2.05) is 0 Å². The Morgan fingerprint density at radius 3 is 2.63 bits per heavy atom. The molecule has 0 saturated heterocycles. The first-order valence-electron chi connectivity index (χ1n) is 8.68. The Morgan fingerprint density at radius 1 is 1.13 bits per heavy atom. The molecule has 0 amide bonds. The molecule has 0 aliphatic carbocycles. The Kier molecular flexibility index (Phi) is 4.85. The fourth-order valence-electron chi connectivity index (χ4n) is 3.15. The first-order valence-corrected chi connectivity index (χ1v) is 9.05. The highest BCUT2D eigenvalue weighted by molar-refractivity contribution is 6.33. The van der Waals surface area contributed by atoms with Gasteiger partial charge in [0.2, 0.25) is 0 Å². The summed E-state index contributed by atoms with van der Waals surface area (Å²) in [6, 6.07) is 13.8. The summed E-state index contributed by atoms with van der Waals surface area (Å²) in [5, 5.41) is 11.8. The van der Waals surface area contributed by atoms with Crippen molar-refractivity contribution in [3.8, 4) is 11.3 Å². The van der Waals surface area contributed by atoms with Crippen molar-refractivity contribution in [2.75, 3.05) is 7.11 Å². The molecule has 2 aromatic heterocycles. The van der Waals surface area contributed by atoms with Crippen LogP contribution < -0.4 is 0 Å². The summed E-state index contributed by atoms with van der Waals surface area (Å²) < 4.78 is 11.7. The van der Waals surface area contributed by atoms with Crippen molar-refractivity contribution < 1.29 is 23.7 Å². The highest BCUT2D eigenvalue weighted by Crippen LogP contribution is 2.33. The fourth-order valence-corrected chi connectivity index (χ4v) is 3.36. The number of carbonyl (C=O) groups excluding carboxylic acids is 2. The lowest BCUT2D eigenvalue weighted by Crippen LogP contribution is -2.10. The van der Waals surface area contributed by atoms with Gasteiger partial charge in [0.05, 0.1) is 28.1 Å². The molecule has 4 rings (SSSR count). The second-order valence-electron chi connectivity index (χ2n) is 6.31. The van der Waals surface area contributed by atoms with E-state index in [-0.39, 0.29) is 33.4 Å². The molecule has 0 aliphatic rings. The van der Waals surface area contributed by atoms with Gasteiger partial charge in [-0.1, -0.05) is 29.8 Å².